The fraction of sp³-hybridized carbons (Fsp3) is 0.308. The van der Waals surface area contributed by atoms with E-state index in [0.29, 0.717) is 11.8 Å². The van der Waals surface area contributed by atoms with Crippen molar-refractivity contribution in [1.29, 1.82) is 0 Å². The smallest absolute Gasteiger partial charge is 0.150 e. The molecule has 90 valence electrons. The van der Waals surface area contributed by atoms with E-state index in [4.69, 9.17) is 5.73 Å². The lowest BCUT2D eigenvalue weighted by molar-refractivity contribution is 0.936. The Balaban J connectivity index is 2.16. The van der Waals surface area contributed by atoms with Crippen molar-refractivity contribution in [1.82, 2.24) is 4.98 Å². The summed E-state index contributed by atoms with van der Waals surface area (Å²) >= 11 is 3.44. The number of aromatic nitrogens is 1. The standard InChI is InChI=1S/C13H16N2S2/c1-9-4-3-5-11(6-9)12(7-14)17-13-15-10(2)8-16-13/h3-6,8,12H,7,14H2,1-2H3. The fourth-order valence-corrected chi connectivity index (χ4v) is 3.69. The van der Waals surface area contributed by atoms with Crippen LogP contribution in [0.4, 0.5) is 0 Å². The molecule has 2 rings (SSSR count). The van der Waals surface area contributed by atoms with Crippen molar-refractivity contribution in [3.8, 4) is 0 Å². The molecule has 4 heteroatoms. The molecule has 2 N–H and O–H groups in total. The van der Waals surface area contributed by atoms with Gasteiger partial charge in [0.1, 0.15) is 0 Å². The summed E-state index contributed by atoms with van der Waals surface area (Å²) in [7, 11) is 0. The zero-order valence-corrected chi connectivity index (χ0v) is 11.6. The average molecular weight is 264 g/mol. The zero-order chi connectivity index (χ0) is 12.3. The van der Waals surface area contributed by atoms with Crippen LogP contribution < -0.4 is 5.73 Å². The average Bonchev–Trinajstić information content (AvgIpc) is 2.72. The Morgan fingerprint density at radius 2 is 2.24 bits per heavy atom. The highest BCUT2D eigenvalue weighted by Crippen LogP contribution is 2.36. The molecule has 0 fully saturated rings. The number of nitrogens with zero attached hydrogens (tertiary/aromatic N) is 1. The van der Waals surface area contributed by atoms with Crippen molar-refractivity contribution in [2.75, 3.05) is 6.54 Å². The molecular weight excluding hydrogens is 248 g/mol. The van der Waals surface area contributed by atoms with Crippen LogP contribution in [0, 0.1) is 13.8 Å². The highest BCUT2D eigenvalue weighted by molar-refractivity contribution is 8.01. The summed E-state index contributed by atoms with van der Waals surface area (Å²) in [4.78, 5) is 4.47. The Morgan fingerprint density at radius 1 is 1.41 bits per heavy atom. The van der Waals surface area contributed by atoms with Gasteiger partial charge in [0.05, 0.1) is 0 Å². The molecule has 1 heterocycles. The quantitative estimate of drug-likeness (QED) is 0.858. The van der Waals surface area contributed by atoms with E-state index >= 15 is 0 Å². The van der Waals surface area contributed by atoms with E-state index in [2.05, 4.69) is 41.6 Å². The highest BCUT2D eigenvalue weighted by Gasteiger charge is 2.13. The van der Waals surface area contributed by atoms with Crippen molar-refractivity contribution in [3.05, 3.63) is 46.5 Å². The minimum absolute atomic E-state index is 0.292. The number of thiazole rings is 1. The van der Waals surface area contributed by atoms with Crippen LogP contribution in [0.15, 0.2) is 34.0 Å². The van der Waals surface area contributed by atoms with Crippen LogP contribution in [-0.4, -0.2) is 11.5 Å². The molecule has 0 saturated heterocycles. The maximum Gasteiger partial charge on any atom is 0.150 e. The molecule has 1 unspecified atom stereocenters. The predicted octanol–water partition coefficient (Wildman–Crippen LogP) is 3.55. The van der Waals surface area contributed by atoms with Crippen LogP contribution in [0.25, 0.3) is 0 Å². The number of nitrogens with two attached hydrogens (primary N) is 1. The van der Waals surface area contributed by atoms with Crippen molar-refractivity contribution < 1.29 is 0 Å². The molecule has 2 aromatic rings. The lowest BCUT2D eigenvalue weighted by Crippen LogP contribution is -2.09. The van der Waals surface area contributed by atoms with Gasteiger partial charge in [0, 0.05) is 22.9 Å². The lowest BCUT2D eigenvalue weighted by atomic mass is 10.1. The van der Waals surface area contributed by atoms with Gasteiger partial charge in [-0.1, -0.05) is 41.6 Å². The van der Waals surface area contributed by atoms with E-state index in [1.165, 1.54) is 11.1 Å². The summed E-state index contributed by atoms with van der Waals surface area (Å²) in [6.45, 7) is 4.76. The van der Waals surface area contributed by atoms with Gasteiger partial charge >= 0.3 is 0 Å². The Labute approximate surface area is 110 Å². The summed E-state index contributed by atoms with van der Waals surface area (Å²) < 4.78 is 1.10. The van der Waals surface area contributed by atoms with Gasteiger partial charge in [0.25, 0.3) is 0 Å². The first-order chi connectivity index (χ1) is 8.19. The summed E-state index contributed by atoms with van der Waals surface area (Å²) in [5, 5.41) is 2.37. The van der Waals surface area contributed by atoms with Crippen LogP contribution in [0.1, 0.15) is 22.1 Å². The van der Waals surface area contributed by atoms with Gasteiger partial charge in [-0.25, -0.2) is 4.98 Å². The molecule has 0 aliphatic rings. The maximum atomic E-state index is 5.87. The fourth-order valence-electron chi connectivity index (χ4n) is 1.63. The van der Waals surface area contributed by atoms with E-state index in [9.17, 15) is 0 Å². The van der Waals surface area contributed by atoms with Crippen LogP contribution >= 0.6 is 23.1 Å². The Morgan fingerprint density at radius 3 is 2.82 bits per heavy atom. The third-order valence-corrected chi connectivity index (χ3v) is 4.84. The normalized spacial score (nSPS) is 12.6. The van der Waals surface area contributed by atoms with Crippen LogP contribution in [0.3, 0.4) is 0 Å². The number of aryl methyl sites for hydroxylation is 2. The second kappa shape index (κ2) is 5.67. The van der Waals surface area contributed by atoms with Crippen LogP contribution in [-0.2, 0) is 0 Å². The van der Waals surface area contributed by atoms with E-state index in [1.54, 1.807) is 23.1 Å². The number of benzene rings is 1. The number of hydrogen-bond donors (Lipinski definition) is 1. The number of rotatable bonds is 4. The van der Waals surface area contributed by atoms with Gasteiger partial charge < -0.3 is 5.73 Å². The van der Waals surface area contributed by atoms with Gasteiger partial charge in [-0.05, 0) is 19.4 Å². The van der Waals surface area contributed by atoms with Gasteiger partial charge in [-0.2, -0.15) is 0 Å². The second-order valence-electron chi connectivity index (χ2n) is 4.01. The molecule has 0 radical (unpaired) electrons. The van der Waals surface area contributed by atoms with Crippen molar-refractivity contribution in [2.45, 2.75) is 23.4 Å². The molecule has 1 atom stereocenters. The topological polar surface area (TPSA) is 38.9 Å². The molecule has 0 spiro atoms. The van der Waals surface area contributed by atoms with E-state index in [-0.39, 0.29) is 0 Å². The highest BCUT2D eigenvalue weighted by atomic mass is 32.2. The zero-order valence-electron chi connectivity index (χ0n) is 10.0. The Bertz CT molecular complexity index is 494. The summed E-state index contributed by atoms with van der Waals surface area (Å²) in [5.74, 6) is 0. The van der Waals surface area contributed by atoms with Gasteiger partial charge in [-0.3, -0.25) is 0 Å². The molecule has 0 saturated carbocycles. The Hall–Kier alpha value is -0.840. The van der Waals surface area contributed by atoms with Crippen molar-refractivity contribution >= 4 is 23.1 Å². The predicted molar refractivity (Wildman–Crippen MR) is 75.7 cm³/mol. The SMILES string of the molecule is Cc1cccc(C(CN)Sc2nc(C)cs2)c1. The van der Waals surface area contributed by atoms with E-state index < -0.39 is 0 Å². The first kappa shape index (κ1) is 12.6. The van der Waals surface area contributed by atoms with Crippen molar-refractivity contribution in [2.24, 2.45) is 5.73 Å². The lowest BCUT2D eigenvalue weighted by Gasteiger charge is -2.13. The van der Waals surface area contributed by atoms with Gasteiger partial charge in [0.15, 0.2) is 4.34 Å². The van der Waals surface area contributed by atoms with Gasteiger partial charge in [0.2, 0.25) is 0 Å². The third-order valence-electron chi connectivity index (χ3n) is 2.47. The largest absolute Gasteiger partial charge is 0.329 e. The van der Waals surface area contributed by atoms with Crippen LogP contribution in [0.2, 0.25) is 0 Å². The second-order valence-corrected chi connectivity index (χ2v) is 6.32. The minimum Gasteiger partial charge on any atom is -0.329 e. The number of hydrogen-bond acceptors (Lipinski definition) is 4. The van der Waals surface area contributed by atoms with E-state index in [0.717, 1.165) is 10.0 Å². The first-order valence-corrected chi connectivity index (χ1v) is 7.30. The van der Waals surface area contributed by atoms with E-state index in [1.807, 2.05) is 6.92 Å². The third kappa shape index (κ3) is 3.31. The number of thioether (sulfide) groups is 1. The monoisotopic (exact) mass is 264 g/mol. The first-order valence-electron chi connectivity index (χ1n) is 5.54. The molecule has 0 aliphatic carbocycles. The minimum atomic E-state index is 0.292. The van der Waals surface area contributed by atoms with Crippen LogP contribution in [0.5, 0.6) is 0 Å². The summed E-state index contributed by atoms with van der Waals surface area (Å²) in [5.41, 5.74) is 9.50. The van der Waals surface area contributed by atoms with Gasteiger partial charge in [-0.15, -0.1) is 11.3 Å². The molecule has 17 heavy (non-hydrogen) atoms. The molecule has 1 aromatic heterocycles. The molecule has 0 amide bonds. The summed E-state index contributed by atoms with van der Waals surface area (Å²) in [6, 6.07) is 8.53. The molecule has 0 aliphatic heterocycles. The molecule has 0 bridgehead atoms. The maximum absolute atomic E-state index is 5.87. The van der Waals surface area contributed by atoms with Crippen molar-refractivity contribution in [3.63, 3.8) is 0 Å². The molecule has 1 aromatic carbocycles. The Kier molecular flexibility index (Phi) is 4.20. The molecule has 2 nitrogen and oxygen atoms in total. The summed E-state index contributed by atoms with van der Waals surface area (Å²) in [6.07, 6.45) is 0. The molecular formula is C13H16N2S2.